The fourth-order valence-electron chi connectivity index (χ4n) is 4.82. The van der Waals surface area contributed by atoms with Gasteiger partial charge >= 0.3 is 0 Å². The normalized spacial score (nSPS) is 26.2. The number of nitrogens with one attached hydrogen (secondary N) is 1. The number of likely N-dealkylation sites (tertiary alicyclic amines) is 1. The second kappa shape index (κ2) is 7.91. The molecule has 2 aromatic rings. The molecule has 0 radical (unpaired) electrons. The van der Waals surface area contributed by atoms with Crippen LogP contribution in [0.1, 0.15) is 24.8 Å². The minimum absolute atomic E-state index is 0.0192. The Labute approximate surface area is 198 Å². The second-order valence-corrected chi connectivity index (χ2v) is 11.1. The molecule has 5 rings (SSSR count). The molecule has 3 atom stereocenters. The van der Waals surface area contributed by atoms with Gasteiger partial charge in [0.1, 0.15) is 16.5 Å². The van der Waals surface area contributed by atoms with Gasteiger partial charge in [0.05, 0.1) is 5.69 Å². The Morgan fingerprint density at radius 2 is 1.88 bits per heavy atom. The zero-order valence-corrected chi connectivity index (χ0v) is 19.8. The van der Waals surface area contributed by atoms with E-state index in [4.69, 9.17) is 0 Å². The van der Waals surface area contributed by atoms with Gasteiger partial charge < -0.3 is 10.2 Å². The van der Waals surface area contributed by atoms with Crippen molar-refractivity contribution in [2.45, 2.75) is 36.7 Å². The Morgan fingerprint density at radius 3 is 2.62 bits per heavy atom. The monoisotopic (exact) mass is 567 g/mol. The van der Waals surface area contributed by atoms with Crippen LogP contribution < -0.4 is 5.32 Å². The first-order valence-corrected chi connectivity index (χ1v) is 12.8. The number of amides is 1. The van der Waals surface area contributed by atoms with Crippen molar-refractivity contribution in [1.82, 2.24) is 4.90 Å². The number of anilines is 1. The highest BCUT2D eigenvalue weighted by Gasteiger charge is 2.52. The van der Waals surface area contributed by atoms with E-state index in [1.807, 2.05) is 22.6 Å². The summed E-state index contributed by atoms with van der Waals surface area (Å²) >= 11 is 2.01. The quantitative estimate of drug-likeness (QED) is 0.454. The minimum atomic E-state index is -4.06. The molecule has 2 heterocycles. The molecule has 32 heavy (non-hydrogen) atoms. The Balaban J connectivity index is 1.53. The molecule has 166 valence electrons. The van der Waals surface area contributed by atoms with Gasteiger partial charge in [0.2, 0.25) is 5.91 Å². The summed E-state index contributed by atoms with van der Waals surface area (Å²) in [5.74, 6) is -2.96. The fourth-order valence-corrected chi connectivity index (χ4v) is 6.70. The predicted molar refractivity (Wildman–Crippen MR) is 124 cm³/mol. The van der Waals surface area contributed by atoms with Crippen molar-refractivity contribution >= 4 is 55.8 Å². The molecule has 7 nitrogen and oxygen atoms in total. The van der Waals surface area contributed by atoms with Crippen LogP contribution >= 0.6 is 22.6 Å². The molecule has 0 spiro atoms. The van der Waals surface area contributed by atoms with E-state index in [0.717, 1.165) is 15.6 Å². The first-order chi connectivity index (χ1) is 15.2. The van der Waals surface area contributed by atoms with Crippen molar-refractivity contribution in [1.29, 1.82) is 0 Å². The molecule has 3 unspecified atom stereocenters. The molecular weight excluding hydrogens is 548 g/mol. The topological polar surface area (TPSA) is 95.9 Å². The summed E-state index contributed by atoms with van der Waals surface area (Å²) in [6, 6.07) is 10.5. The standard InChI is InChI=1S/C22H19FIN3O4S/c23-13-6-4-12(5-7-13)11-27-17-3-1-2-15(17)20(28)19(22(27)29)21-25-16-9-8-14(24)10-18(16)32(30,31)26-21/h4-10,15,17,19H,1-3,11H2,(H,25,26). The van der Waals surface area contributed by atoms with Crippen LogP contribution in [-0.4, -0.2) is 36.9 Å². The van der Waals surface area contributed by atoms with Gasteiger partial charge in [-0.05, 0) is 71.3 Å². The maximum atomic E-state index is 13.5. The number of carbonyl (C=O) groups excluding carboxylic acids is 2. The Hall–Kier alpha value is -2.34. The molecular formula is C22H19FIN3O4S. The molecule has 1 N–H and O–H groups in total. The van der Waals surface area contributed by atoms with Crippen LogP contribution in [0.3, 0.4) is 0 Å². The van der Waals surface area contributed by atoms with Crippen LogP contribution in [0.2, 0.25) is 0 Å². The molecule has 1 saturated carbocycles. The molecule has 1 saturated heterocycles. The highest BCUT2D eigenvalue weighted by atomic mass is 127. The number of hydrogen-bond acceptors (Lipinski definition) is 5. The average molecular weight is 567 g/mol. The molecule has 0 aromatic heterocycles. The summed E-state index contributed by atoms with van der Waals surface area (Å²) in [5, 5.41) is 2.93. The SMILES string of the molecule is O=C1C(C2=NS(=O)(=O)c3cc(I)ccc3N2)C(=O)N(Cc2ccc(F)cc2)C2CCCC12. The maximum Gasteiger partial charge on any atom is 0.286 e. The Morgan fingerprint density at radius 1 is 1.12 bits per heavy atom. The summed E-state index contributed by atoms with van der Waals surface area (Å²) in [6.45, 7) is 0.221. The summed E-state index contributed by atoms with van der Waals surface area (Å²) in [4.78, 5) is 28.5. The molecule has 2 aromatic carbocycles. The van der Waals surface area contributed by atoms with Crippen LogP contribution in [0, 0.1) is 21.2 Å². The Bertz CT molecular complexity index is 1260. The number of piperidine rings is 1. The van der Waals surface area contributed by atoms with Gasteiger partial charge in [-0.3, -0.25) is 9.59 Å². The first kappa shape index (κ1) is 21.5. The third-order valence-electron chi connectivity index (χ3n) is 6.30. The predicted octanol–water partition coefficient (Wildman–Crippen LogP) is 3.34. The van der Waals surface area contributed by atoms with Gasteiger partial charge in [-0.15, -0.1) is 4.40 Å². The average Bonchev–Trinajstić information content (AvgIpc) is 3.23. The number of rotatable bonds is 3. The number of amidine groups is 1. The lowest BCUT2D eigenvalue weighted by Crippen LogP contribution is -2.58. The van der Waals surface area contributed by atoms with Gasteiger partial charge in [0, 0.05) is 22.1 Å². The van der Waals surface area contributed by atoms with Crippen LogP contribution in [0.5, 0.6) is 0 Å². The maximum absolute atomic E-state index is 13.5. The largest absolute Gasteiger partial charge is 0.341 e. The van der Waals surface area contributed by atoms with Crippen LogP contribution in [0.25, 0.3) is 0 Å². The van der Waals surface area contributed by atoms with Gasteiger partial charge in [-0.1, -0.05) is 18.6 Å². The lowest BCUT2D eigenvalue weighted by Gasteiger charge is -2.41. The molecule has 1 amide bonds. The van der Waals surface area contributed by atoms with Crippen LogP contribution in [-0.2, 0) is 26.2 Å². The van der Waals surface area contributed by atoms with Crippen molar-refractivity contribution in [3.05, 3.63) is 57.4 Å². The second-order valence-electron chi connectivity index (χ2n) is 8.25. The van der Waals surface area contributed by atoms with E-state index < -0.39 is 21.8 Å². The van der Waals surface area contributed by atoms with Crippen LogP contribution in [0.4, 0.5) is 10.1 Å². The summed E-state index contributed by atoms with van der Waals surface area (Å²) < 4.78 is 43.5. The van der Waals surface area contributed by atoms with Gasteiger partial charge in [-0.2, -0.15) is 8.42 Å². The van der Waals surface area contributed by atoms with Crippen molar-refractivity contribution in [2.75, 3.05) is 5.32 Å². The van der Waals surface area contributed by atoms with E-state index in [1.54, 1.807) is 29.2 Å². The Kier molecular flexibility index (Phi) is 5.31. The highest BCUT2D eigenvalue weighted by Crippen LogP contribution is 2.40. The molecule has 0 bridgehead atoms. The minimum Gasteiger partial charge on any atom is -0.341 e. The molecule has 10 heteroatoms. The van der Waals surface area contributed by atoms with E-state index in [1.165, 1.54) is 18.2 Å². The lowest BCUT2D eigenvalue weighted by molar-refractivity contribution is -0.149. The number of benzene rings is 2. The zero-order valence-electron chi connectivity index (χ0n) is 16.8. The molecule has 2 aliphatic heterocycles. The summed E-state index contributed by atoms with van der Waals surface area (Å²) in [6.07, 6.45) is 2.15. The number of fused-ring (bicyclic) bond motifs is 2. The first-order valence-electron chi connectivity index (χ1n) is 10.2. The number of halogens is 2. The number of Topliss-reactive ketones (excluding diaryl/α,β-unsaturated/α-hetero) is 1. The van der Waals surface area contributed by atoms with Crippen molar-refractivity contribution < 1.29 is 22.4 Å². The lowest BCUT2D eigenvalue weighted by atomic mass is 9.81. The van der Waals surface area contributed by atoms with Gasteiger partial charge in [0.15, 0.2) is 11.7 Å². The highest BCUT2D eigenvalue weighted by molar-refractivity contribution is 14.1. The van der Waals surface area contributed by atoms with E-state index in [9.17, 15) is 22.4 Å². The number of hydrogen-bond donors (Lipinski definition) is 1. The summed E-state index contributed by atoms with van der Waals surface area (Å²) in [5.41, 5.74) is 1.04. The summed E-state index contributed by atoms with van der Waals surface area (Å²) in [7, 11) is -4.06. The van der Waals surface area contributed by atoms with E-state index in [-0.39, 0.29) is 40.8 Å². The van der Waals surface area contributed by atoms with Crippen molar-refractivity contribution in [3.8, 4) is 0 Å². The number of ketones is 1. The molecule has 1 aliphatic carbocycles. The third kappa shape index (κ3) is 3.62. The molecule has 3 aliphatic rings. The zero-order chi connectivity index (χ0) is 22.6. The third-order valence-corrected chi connectivity index (χ3v) is 8.30. The van der Waals surface area contributed by atoms with Gasteiger partial charge in [0.25, 0.3) is 10.0 Å². The van der Waals surface area contributed by atoms with Crippen molar-refractivity contribution in [3.63, 3.8) is 0 Å². The van der Waals surface area contributed by atoms with Crippen molar-refractivity contribution in [2.24, 2.45) is 16.2 Å². The number of carbonyl (C=O) groups is 2. The molecule has 2 fully saturated rings. The smallest absolute Gasteiger partial charge is 0.286 e. The van der Waals surface area contributed by atoms with E-state index in [0.29, 0.717) is 18.5 Å². The van der Waals surface area contributed by atoms with E-state index >= 15 is 0 Å². The van der Waals surface area contributed by atoms with E-state index in [2.05, 4.69) is 9.71 Å². The van der Waals surface area contributed by atoms with Crippen LogP contribution in [0.15, 0.2) is 51.8 Å². The fraction of sp³-hybridized carbons (Fsp3) is 0.318. The number of sulfonamides is 1. The van der Waals surface area contributed by atoms with Gasteiger partial charge in [-0.25, -0.2) is 4.39 Å². The number of nitrogens with zero attached hydrogens (tertiary/aromatic N) is 2.